The standard InChI is InChI=1S/C38H38O5/c1-37(2,21-35(39)41-23-33-29-17-9-5-13-25(29)26-14-6-10-18-30(26)33)43-38(3,4)22-36(40)42-24-34-31-19-11-7-15-27(31)28-16-8-12-20-32(28)34/h5-20,33-34H,21-24H2,1-4H3. The number of fused-ring (bicyclic) bond motifs is 6. The van der Waals surface area contributed by atoms with E-state index < -0.39 is 11.2 Å². The molecule has 0 atom stereocenters. The molecule has 0 heterocycles. The van der Waals surface area contributed by atoms with Crippen LogP contribution in [0, 0.1) is 0 Å². The fraction of sp³-hybridized carbons (Fsp3) is 0.316. The Morgan fingerprint density at radius 2 is 0.791 bits per heavy atom. The Hall–Kier alpha value is -4.22. The van der Waals surface area contributed by atoms with E-state index in [9.17, 15) is 9.59 Å². The summed E-state index contributed by atoms with van der Waals surface area (Å²) in [5.74, 6) is -0.650. The van der Waals surface area contributed by atoms with Gasteiger partial charge in [-0.3, -0.25) is 9.59 Å². The molecule has 0 spiro atoms. The molecule has 0 fully saturated rings. The molecule has 2 aliphatic carbocycles. The normalized spacial score (nSPS) is 14.0. The van der Waals surface area contributed by atoms with Gasteiger partial charge in [-0.2, -0.15) is 0 Å². The van der Waals surface area contributed by atoms with E-state index in [2.05, 4.69) is 48.5 Å². The van der Waals surface area contributed by atoms with E-state index in [1.165, 1.54) is 44.5 Å². The average Bonchev–Trinajstić information content (AvgIpc) is 3.46. The molecule has 0 bridgehead atoms. The van der Waals surface area contributed by atoms with E-state index in [0.29, 0.717) is 0 Å². The van der Waals surface area contributed by atoms with Crippen molar-refractivity contribution in [2.75, 3.05) is 13.2 Å². The summed E-state index contributed by atoms with van der Waals surface area (Å²) in [7, 11) is 0. The first kappa shape index (κ1) is 28.9. The minimum atomic E-state index is -0.838. The van der Waals surface area contributed by atoms with E-state index >= 15 is 0 Å². The minimum Gasteiger partial charge on any atom is -0.465 e. The topological polar surface area (TPSA) is 61.8 Å². The number of hydrogen-bond donors (Lipinski definition) is 0. The maximum absolute atomic E-state index is 13.0. The molecular formula is C38H38O5. The van der Waals surface area contributed by atoms with Gasteiger partial charge in [0.05, 0.1) is 24.0 Å². The zero-order valence-electron chi connectivity index (χ0n) is 25.3. The summed E-state index contributed by atoms with van der Waals surface area (Å²) in [6.45, 7) is 7.96. The highest BCUT2D eigenvalue weighted by Gasteiger charge is 2.36. The second kappa shape index (κ2) is 11.5. The van der Waals surface area contributed by atoms with E-state index in [-0.39, 0.29) is 49.8 Å². The lowest BCUT2D eigenvalue weighted by atomic mass is 9.97. The van der Waals surface area contributed by atoms with Gasteiger partial charge in [-0.25, -0.2) is 0 Å². The maximum Gasteiger partial charge on any atom is 0.308 e. The van der Waals surface area contributed by atoms with Crippen molar-refractivity contribution in [3.05, 3.63) is 119 Å². The average molecular weight is 575 g/mol. The summed E-state index contributed by atoms with van der Waals surface area (Å²) in [6.07, 6.45) is 0.133. The Morgan fingerprint density at radius 3 is 1.09 bits per heavy atom. The number of rotatable bonds is 10. The van der Waals surface area contributed by atoms with Crippen LogP contribution in [0.1, 0.15) is 74.6 Å². The van der Waals surface area contributed by atoms with Crippen LogP contribution in [0.4, 0.5) is 0 Å². The third kappa shape index (κ3) is 6.00. The second-order valence-electron chi connectivity index (χ2n) is 12.8. The van der Waals surface area contributed by atoms with Crippen molar-refractivity contribution < 1.29 is 23.8 Å². The molecule has 0 radical (unpaired) electrons. The van der Waals surface area contributed by atoms with Crippen molar-refractivity contribution in [1.82, 2.24) is 0 Å². The van der Waals surface area contributed by atoms with E-state index in [4.69, 9.17) is 14.2 Å². The van der Waals surface area contributed by atoms with Gasteiger partial charge < -0.3 is 14.2 Å². The monoisotopic (exact) mass is 574 g/mol. The van der Waals surface area contributed by atoms with Crippen LogP contribution in [0.25, 0.3) is 22.3 Å². The third-order valence-corrected chi connectivity index (χ3v) is 8.44. The van der Waals surface area contributed by atoms with Crippen LogP contribution in [-0.2, 0) is 23.8 Å². The van der Waals surface area contributed by atoms with Crippen LogP contribution < -0.4 is 0 Å². The van der Waals surface area contributed by atoms with Gasteiger partial charge in [0.15, 0.2) is 0 Å². The van der Waals surface area contributed by atoms with Gasteiger partial charge >= 0.3 is 11.9 Å². The molecular weight excluding hydrogens is 536 g/mol. The summed E-state index contributed by atoms with van der Waals surface area (Å²) in [5, 5.41) is 0. The van der Waals surface area contributed by atoms with Gasteiger partial charge in [0.1, 0.15) is 13.2 Å². The molecule has 0 saturated carbocycles. The summed E-state index contributed by atoms with van der Waals surface area (Å²) in [6, 6.07) is 33.1. The van der Waals surface area contributed by atoms with Crippen LogP contribution in [0.5, 0.6) is 0 Å². The molecule has 220 valence electrons. The summed E-state index contributed by atoms with van der Waals surface area (Å²) >= 11 is 0. The second-order valence-corrected chi connectivity index (χ2v) is 12.8. The molecule has 4 aromatic carbocycles. The Labute approximate surface area is 253 Å². The summed E-state index contributed by atoms with van der Waals surface area (Å²) < 4.78 is 18.0. The van der Waals surface area contributed by atoms with Crippen molar-refractivity contribution in [1.29, 1.82) is 0 Å². The molecule has 0 saturated heterocycles. The highest BCUT2D eigenvalue weighted by molar-refractivity contribution is 5.80. The molecule has 0 N–H and O–H groups in total. The van der Waals surface area contributed by atoms with Crippen molar-refractivity contribution in [2.45, 2.75) is 63.6 Å². The molecule has 6 rings (SSSR count). The first-order valence-electron chi connectivity index (χ1n) is 15.0. The van der Waals surface area contributed by atoms with E-state index in [1.54, 1.807) is 0 Å². The number of carbonyl (C=O) groups is 2. The molecule has 5 nitrogen and oxygen atoms in total. The first-order valence-corrected chi connectivity index (χ1v) is 15.0. The van der Waals surface area contributed by atoms with Crippen LogP contribution in [0.2, 0.25) is 0 Å². The quantitative estimate of drug-likeness (QED) is 0.179. The Bertz CT molecular complexity index is 1450. The molecule has 0 unspecified atom stereocenters. The predicted molar refractivity (Wildman–Crippen MR) is 168 cm³/mol. The van der Waals surface area contributed by atoms with Crippen LogP contribution in [-0.4, -0.2) is 36.4 Å². The molecule has 4 aromatic rings. The van der Waals surface area contributed by atoms with Crippen LogP contribution >= 0.6 is 0 Å². The minimum absolute atomic E-state index is 0.00499. The number of esters is 2. The predicted octanol–water partition coefficient (Wildman–Crippen LogP) is 8.05. The molecule has 2 aliphatic rings. The third-order valence-electron chi connectivity index (χ3n) is 8.44. The van der Waals surface area contributed by atoms with Crippen molar-refractivity contribution >= 4 is 11.9 Å². The Morgan fingerprint density at radius 1 is 0.512 bits per heavy atom. The van der Waals surface area contributed by atoms with Crippen LogP contribution in [0.3, 0.4) is 0 Å². The molecule has 0 amide bonds. The van der Waals surface area contributed by atoms with Crippen molar-refractivity contribution in [2.24, 2.45) is 0 Å². The molecule has 43 heavy (non-hydrogen) atoms. The molecule has 5 heteroatoms. The van der Waals surface area contributed by atoms with Gasteiger partial charge in [-0.15, -0.1) is 0 Å². The number of hydrogen-bond acceptors (Lipinski definition) is 5. The van der Waals surface area contributed by atoms with E-state index in [1.807, 2.05) is 76.2 Å². The zero-order valence-corrected chi connectivity index (χ0v) is 25.3. The zero-order chi connectivity index (χ0) is 30.2. The van der Waals surface area contributed by atoms with Gasteiger partial charge in [-0.05, 0) is 72.2 Å². The van der Waals surface area contributed by atoms with Gasteiger partial charge in [0, 0.05) is 11.8 Å². The molecule has 0 aliphatic heterocycles. The number of carbonyl (C=O) groups excluding carboxylic acids is 2. The first-order chi connectivity index (χ1) is 20.6. The highest BCUT2D eigenvalue weighted by Crippen LogP contribution is 2.46. The highest BCUT2D eigenvalue weighted by atomic mass is 16.6. The smallest absolute Gasteiger partial charge is 0.308 e. The number of ether oxygens (including phenoxy) is 3. The summed E-state index contributed by atoms with van der Waals surface area (Å²) in [4.78, 5) is 26.0. The largest absolute Gasteiger partial charge is 0.465 e. The van der Waals surface area contributed by atoms with E-state index in [0.717, 1.165) is 0 Å². The van der Waals surface area contributed by atoms with Gasteiger partial charge in [-0.1, -0.05) is 97.1 Å². The lowest BCUT2D eigenvalue weighted by Gasteiger charge is -2.35. The van der Waals surface area contributed by atoms with Crippen LogP contribution in [0.15, 0.2) is 97.1 Å². The maximum atomic E-state index is 13.0. The van der Waals surface area contributed by atoms with Crippen molar-refractivity contribution in [3.63, 3.8) is 0 Å². The summed E-state index contributed by atoms with van der Waals surface area (Å²) in [5.41, 5.74) is 7.80. The molecule has 0 aromatic heterocycles. The number of benzene rings is 4. The lowest BCUT2D eigenvalue weighted by Crippen LogP contribution is -2.40. The SMILES string of the molecule is CC(C)(CC(=O)OCC1c2ccccc2-c2ccccc21)OC(C)(C)CC(=O)OCC1c2ccccc2-c2ccccc21. The van der Waals surface area contributed by atoms with Gasteiger partial charge in [0.25, 0.3) is 0 Å². The Balaban J connectivity index is 1.02. The fourth-order valence-corrected chi connectivity index (χ4v) is 6.85. The van der Waals surface area contributed by atoms with Gasteiger partial charge in [0.2, 0.25) is 0 Å². The van der Waals surface area contributed by atoms with Crippen molar-refractivity contribution in [3.8, 4) is 22.3 Å². The fourth-order valence-electron chi connectivity index (χ4n) is 6.85. The lowest BCUT2D eigenvalue weighted by molar-refractivity contribution is -0.170. The Kier molecular flexibility index (Phi) is 7.70.